The summed E-state index contributed by atoms with van der Waals surface area (Å²) in [5, 5.41) is 3.03. The summed E-state index contributed by atoms with van der Waals surface area (Å²) in [5.74, 6) is -0.0375. The summed E-state index contributed by atoms with van der Waals surface area (Å²) < 4.78 is 5.45. The lowest BCUT2D eigenvalue weighted by Crippen LogP contribution is -2.53. The molecular formula is C19H19N3O2. The number of carbonyl (C=O) groups is 1. The summed E-state index contributed by atoms with van der Waals surface area (Å²) >= 11 is 0. The molecule has 0 bridgehead atoms. The highest BCUT2D eigenvalue weighted by molar-refractivity contribution is 6.22. The molecule has 5 heteroatoms. The molecule has 2 aromatic carbocycles. The third kappa shape index (κ3) is 2.84. The van der Waals surface area contributed by atoms with Gasteiger partial charge in [0.1, 0.15) is 6.04 Å². The van der Waals surface area contributed by atoms with E-state index < -0.39 is 6.04 Å². The number of anilines is 1. The van der Waals surface area contributed by atoms with E-state index in [-0.39, 0.29) is 5.91 Å². The fourth-order valence-electron chi connectivity index (χ4n) is 3.20. The Balaban J connectivity index is 1.83. The van der Waals surface area contributed by atoms with E-state index in [1.807, 2.05) is 54.6 Å². The first kappa shape index (κ1) is 15.1. The number of nitrogens with one attached hydrogen (secondary N) is 1. The van der Waals surface area contributed by atoms with E-state index in [2.05, 4.69) is 10.2 Å². The molecule has 2 heterocycles. The Labute approximate surface area is 141 Å². The van der Waals surface area contributed by atoms with Crippen molar-refractivity contribution in [2.75, 3.05) is 31.6 Å². The van der Waals surface area contributed by atoms with Gasteiger partial charge < -0.3 is 10.1 Å². The van der Waals surface area contributed by atoms with Crippen molar-refractivity contribution in [1.29, 1.82) is 0 Å². The van der Waals surface area contributed by atoms with Crippen LogP contribution in [0.4, 0.5) is 11.4 Å². The molecule has 0 unspecified atom stereocenters. The van der Waals surface area contributed by atoms with Gasteiger partial charge in [-0.05, 0) is 17.7 Å². The first-order valence-electron chi connectivity index (χ1n) is 8.18. The molecule has 24 heavy (non-hydrogen) atoms. The van der Waals surface area contributed by atoms with Crippen LogP contribution in [0.5, 0.6) is 0 Å². The second kappa shape index (κ2) is 6.55. The number of amides is 1. The molecule has 1 N–H and O–H groups in total. The van der Waals surface area contributed by atoms with E-state index in [1.54, 1.807) is 0 Å². The Bertz CT molecular complexity index is 767. The third-order valence-electron chi connectivity index (χ3n) is 4.39. The van der Waals surface area contributed by atoms with Crippen molar-refractivity contribution in [3.63, 3.8) is 0 Å². The van der Waals surface area contributed by atoms with Crippen LogP contribution < -0.4 is 5.32 Å². The Hall–Kier alpha value is -2.50. The lowest BCUT2D eigenvalue weighted by atomic mass is 10.0. The van der Waals surface area contributed by atoms with Gasteiger partial charge in [0.05, 0.1) is 30.3 Å². The van der Waals surface area contributed by atoms with Gasteiger partial charge in [0.25, 0.3) is 0 Å². The highest BCUT2D eigenvalue weighted by atomic mass is 16.5. The molecule has 1 fully saturated rings. The number of aliphatic imine (C=N–C) groups is 1. The zero-order valence-electron chi connectivity index (χ0n) is 13.3. The summed E-state index contributed by atoms with van der Waals surface area (Å²) in [7, 11) is 0. The molecule has 1 atom stereocenters. The molecule has 5 nitrogen and oxygen atoms in total. The molecule has 4 rings (SSSR count). The molecule has 122 valence electrons. The predicted octanol–water partition coefficient (Wildman–Crippen LogP) is 2.46. The maximum Gasteiger partial charge on any atom is 0.248 e. The minimum atomic E-state index is -0.413. The Kier molecular flexibility index (Phi) is 4.11. The number of carbonyl (C=O) groups excluding carboxylic acids is 1. The zero-order valence-corrected chi connectivity index (χ0v) is 13.3. The monoisotopic (exact) mass is 321 g/mol. The van der Waals surface area contributed by atoms with Crippen LogP contribution in [0.25, 0.3) is 0 Å². The van der Waals surface area contributed by atoms with Gasteiger partial charge in [-0.1, -0.05) is 42.5 Å². The quantitative estimate of drug-likeness (QED) is 0.924. The number of fused-ring (bicyclic) bond motifs is 1. The minimum Gasteiger partial charge on any atom is -0.379 e. The fraction of sp³-hybridized carbons (Fsp3) is 0.263. The third-order valence-corrected chi connectivity index (χ3v) is 4.39. The first-order chi connectivity index (χ1) is 11.8. The van der Waals surface area contributed by atoms with E-state index in [1.165, 1.54) is 0 Å². The molecule has 0 radical (unpaired) electrons. The Morgan fingerprint density at radius 3 is 2.50 bits per heavy atom. The van der Waals surface area contributed by atoms with Crippen molar-refractivity contribution in [2.24, 2.45) is 4.99 Å². The van der Waals surface area contributed by atoms with Crippen LogP contribution in [-0.2, 0) is 9.53 Å². The molecule has 0 saturated carbocycles. The molecule has 2 aliphatic rings. The van der Waals surface area contributed by atoms with Crippen molar-refractivity contribution in [1.82, 2.24) is 4.90 Å². The molecule has 0 spiro atoms. The normalized spacial score (nSPS) is 21.4. The number of benzene rings is 2. The maximum absolute atomic E-state index is 13.0. The average Bonchev–Trinajstić information content (AvgIpc) is 2.79. The van der Waals surface area contributed by atoms with Crippen LogP contribution in [0, 0.1) is 0 Å². The van der Waals surface area contributed by atoms with Crippen LogP contribution in [0.3, 0.4) is 0 Å². The SMILES string of the molecule is O=C1Nc2ccccc2N=C(c2ccccc2)[C@H]1N1CCOCC1. The Morgan fingerprint density at radius 2 is 1.71 bits per heavy atom. The number of morpholine rings is 1. The number of ether oxygens (including phenoxy) is 1. The topological polar surface area (TPSA) is 53.9 Å². The van der Waals surface area contributed by atoms with E-state index in [9.17, 15) is 4.79 Å². The van der Waals surface area contributed by atoms with Crippen molar-refractivity contribution in [3.05, 3.63) is 60.2 Å². The van der Waals surface area contributed by atoms with Gasteiger partial charge in [-0.25, -0.2) is 4.99 Å². The van der Waals surface area contributed by atoms with Crippen LogP contribution in [0.1, 0.15) is 5.56 Å². The second-order valence-corrected chi connectivity index (χ2v) is 5.92. The van der Waals surface area contributed by atoms with E-state index in [0.717, 1.165) is 35.7 Å². The van der Waals surface area contributed by atoms with Gasteiger partial charge >= 0.3 is 0 Å². The average molecular weight is 321 g/mol. The minimum absolute atomic E-state index is 0.0375. The number of rotatable bonds is 2. The zero-order chi connectivity index (χ0) is 16.4. The van der Waals surface area contributed by atoms with Crippen LogP contribution in [0.2, 0.25) is 0 Å². The van der Waals surface area contributed by atoms with Crippen molar-refractivity contribution >= 4 is 23.0 Å². The van der Waals surface area contributed by atoms with Gasteiger partial charge in [-0.15, -0.1) is 0 Å². The van der Waals surface area contributed by atoms with Gasteiger partial charge in [-0.2, -0.15) is 0 Å². The molecule has 2 aliphatic heterocycles. The van der Waals surface area contributed by atoms with Gasteiger partial charge in [0.15, 0.2) is 0 Å². The van der Waals surface area contributed by atoms with Crippen LogP contribution in [0.15, 0.2) is 59.6 Å². The van der Waals surface area contributed by atoms with Gasteiger partial charge in [0.2, 0.25) is 5.91 Å². The summed E-state index contributed by atoms with van der Waals surface area (Å²) in [6.07, 6.45) is 0. The van der Waals surface area contributed by atoms with Crippen molar-refractivity contribution in [2.45, 2.75) is 6.04 Å². The summed E-state index contributed by atoms with van der Waals surface area (Å²) in [4.78, 5) is 20.0. The standard InChI is InChI=1S/C19H19N3O2/c23-19-18(22-10-12-24-13-11-22)17(14-6-2-1-3-7-14)20-15-8-4-5-9-16(15)21-19/h1-9,18H,10-13H2,(H,21,23)/t18-/m1/s1. The fourth-order valence-corrected chi connectivity index (χ4v) is 3.20. The van der Waals surface area contributed by atoms with Crippen molar-refractivity contribution in [3.8, 4) is 0 Å². The molecule has 1 saturated heterocycles. The number of para-hydroxylation sites is 2. The predicted molar refractivity (Wildman–Crippen MR) is 93.9 cm³/mol. The number of hydrogen-bond acceptors (Lipinski definition) is 4. The summed E-state index contributed by atoms with van der Waals surface area (Å²) in [5.41, 5.74) is 3.31. The molecule has 2 aromatic rings. The largest absolute Gasteiger partial charge is 0.379 e. The lowest BCUT2D eigenvalue weighted by Gasteiger charge is -2.33. The molecular weight excluding hydrogens is 302 g/mol. The van der Waals surface area contributed by atoms with Crippen LogP contribution >= 0.6 is 0 Å². The summed E-state index contributed by atoms with van der Waals surface area (Å²) in [6, 6.07) is 17.2. The van der Waals surface area contributed by atoms with E-state index in [4.69, 9.17) is 9.73 Å². The van der Waals surface area contributed by atoms with E-state index in [0.29, 0.717) is 13.2 Å². The number of nitrogens with zero attached hydrogens (tertiary/aromatic N) is 2. The second-order valence-electron chi connectivity index (χ2n) is 5.92. The highest BCUT2D eigenvalue weighted by Crippen LogP contribution is 2.30. The lowest BCUT2D eigenvalue weighted by molar-refractivity contribution is -0.120. The van der Waals surface area contributed by atoms with Crippen molar-refractivity contribution < 1.29 is 9.53 Å². The smallest absolute Gasteiger partial charge is 0.248 e. The highest BCUT2D eigenvalue weighted by Gasteiger charge is 2.34. The van der Waals surface area contributed by atoms with Crippen LogP contribution in [-0.4, -0.2) is 48.9 Å². The van der Waals surface area contributed by atoms with E-state index >= 15 is 0 Å². The summed E-state index contributed by atoms with van der Waals surface area (Å²) in [6.45, 7) is 2.72. The van der Waals surface area contributed by atoms with Gasteiger partial charge in [0, 0.05) is 13.1 Å². The Morgan fingerprint density at radius 1 is 1.00 bits per heavy atom. The molecule has 0 aromatic heterocycles. The van der Waals surface area contributed by atoms with Gasteiger partial charge in [-0.3, -0.25) is 9.69 Å². The number of hydrogen-bond donors (Lipinski definition) is 1. The maximum atomic E-state index is 13.0. The molecule has 1 amide bonds. The first-order valence-corrected chi connectivity index (χ1v) is 8.18. The molecule has 0 aliphatic carbocycles.